The van der Waals surface area contributed by atoms with Crippen molar-refractivity contribution < 1.29 is 0 Å². The first-order chi connectivity index (χ1) is 5.86. The molecule has 66 valence electrons. The van der Waals surface area contributed by atoms with Gasteiger partial charge in [-0.05, 0) is 18.8 Å². The maximum absolute atomic E-state index is 11.1. The molecule has 12 heavy (non-hydrogen) atoms. The zero-order valence-electron chi connectivity index (χ0n) is 6.90. The Hall–Kier alpha value is -0.640. The smallest absolute Gasteiger partial charge is 0.255 e. The second-order valence-corrected chi connectivity index (χ2v) is 4.13. The molecule has 0 unspecified atom stereocenters. The van der Waals surface area contributed by atoms with E-state index in [1.165, 1.54) is 37.0 Å². The van der Waals surface area contributed by atoms with E-state index < -0.39 is 0 Å². The second-order valence-electron chi connectivity index (χ2n) is 3.34. The van der Waals surface area contributed by atoms with Crippen LogP contribution in [0.15, 0.2) is 10.3 Å². The van der Waals surface area contributed by atoms with Crippen molar-refractivity contribution in [1.29, 1.82) is 0 Å². The normalized spacial score (nSPS) is 18.7. The third-order valence-corrected chi connectivity index (χ3v) is 3.07. The summed E-state index contributed by atoms with van der Waals surface area (Å²) in [4.78, 5) is 11.2. The summed E-state index contributed by atoms with van der Waals surface area (Å²) in [6.07, 6.45) is 5.18. The van der Waals surface area contributed by atoms with Gasteiger partial charge >= 0.3 is 4.87 Å². The molecule has 1 aromatic heterocycles. The third-order valence-electron chi connectivity index (χ3n) is 2.46. The van der Waals surface area contributed by atoms with Gasteiger partial charge in [-0.25, -0.2) is 4.68 Å². The van der Waals surface area contributed by atoms with Gasteiger partial charge in [0.15, 0.2) is 0 Å². The molecule has 1 heterocycles. The first kappa shape index (κ1) is 7.98. The van der Waals surface area contributed by atoms with Crippen LogP contribution in [0.5, 0.6) is 0 Å². The van der Waals surface area contributed by atoms with E-state index in [4.69, 9.17) is 0 Å². The van der Waals surface area contributed by atoms with Crippen molar-refractivity contribution >= 4 is 11.3 Å². The topological polar surface area (TPSA) is 34.9 Å². The van der Waals surface area contributed by atoms with Gasteiger partial charge in [0, 0.05) is 6.54 Å². The summed E-state index contributed by atoms with van der Waals surface area (Å²) in [5.74, 6) is 0.699. The zero-order chi connectivity index (χ0) is 8.39. The molecule has 0 radical (unpaired) electrons. The Balaban J connectivity index is 2.03. The van der Waals surface area contributed by atoms with E-state index in [9.17, 15) is 4.79 Å². The standard InChI is InChI=1S/C8H12N2OS/c11-8-10(9-6-12-8)5-7-3-1-2-4-7/h6-7H,1-5H2. The van der Waals surface area contributed by atoms with Gasteiger partial charge < -0.3 is 0 Å². The molecule has 4 heteroatoms. The number of rotatable bonds is 2. The van der Waals surface area contributed by atoms with Crippen molar-refractivity contribution in [2.45, 2.75) is 32.2 Å². The summed E-state index contributed by atoms with van der Waals surface area (Å²) in [6, 6.07) is 0. The molecule has 0 N–H and O–H groups in total. The molecule has 0 atom stereocenters. The van der Waals surface area contributed by atoms with Gasteiger partial charge in [0.1, 0.15) is 5.51 Å². The zero-order valence-corrected chi connectivity index (χ0v) is 7.72. The van der Waals surface area contributed by atoms with Crippen molar-refractivity contribution in [3.8, 4) is 0 Å². The summed E-state index contributed by atoms with van der Waals surface area (Å²) in [5.41, 5.74) is 1.62. The van der Waals surface area contributed by atoms with Gasteiger partial charge in [-0.3, -0.25) is 4.79 Å². The van der Waals surface area contributed by atoms with E-state index in [1.54, 1.807) is 10.2 Å². The minimum absolute atomic E-state index is 0.0851. The third kappa shape index (κ3) is 1.58. The Morgan fingerprint density at radius 3 is 2.92 bits per heavy atom. The average molecular weight is 184 g/mol. The molecular formula is C8H12N2OS. The molecule has 3 nitrogen and oxygen atoms in total. The minimum Gasteiger partial charge on any atom is -0.255 e. The first-order valence-electron chi connectivity index (χ1n) is 4.37. The lowest BCUT2D eigenvalue weighted by Crippen LogP contribution is -2.19. The molecule has 2 rings (SSSR count). The van der Waals surface area contributed by atoms with E-state index in [0.717, 1.165) is 6.54 Å². The van der Waals surface area contributed by atoms with Crippen LogP contribution >= 0.6 is 11.3 Å². The van der Waals surface area contributed by atoms with E-state index in [0.29, 0.717) is 5.92 Å². The molecule has 0 aliphatic heterocycles. The van der Waals surface area contributed by atoms with E-state index in [2.05, 4.69) is 5.10 Å². The van der Waals surface area contributed by atoms with Crippen LogP contribution in [0.1, 0.15) is 25.7 Å². The fourth-order valence-electron chi connectivity index (χ4n) is 1.79. The fraction of sp³-hybridized carbons (Fsp3) is 0.750. The summed E-state index contributed by atoms with van der Waals surface area (Å²) >= 11 is 1.18. The molecule has 0 spiro atoms. The highest BCUT2D eigenvalue weighted by Crippen LogP contribution is 2.25. The van der Waals surface area contributed by atoms with Crippen molar-refractivity contribution in [1.82, 2.24) is 9.78 Å². The van der Waals surface area contributed by atoms with E-state index in [1.807, 2.05) is 0 Å². The van der Waals surface area contributed by atoms with Crippen LogP contribution in [0.4, 0.5) is 0 Å². The Labute approximate surface area is 75.0 Å². The van der Waals surface area contributed by atoms with Crippen molar-refractivity contribution in [3.05, 3.63) is 15.2 Å². The Morgan fingerprint density at radius 2 is 2.33 bits per heavy atom. The van der Waals surface area contributed by atoms with Crippen LogP contribution in [0.2, 0.25) is 0 Å². The van der Waals surface area contributed by atoms with Gasteiger partial charge in [-0.1, -0.05) is 24.2 Å². The molecule has 1 fully saturated rings. The monoisotopic (exact) mass is 184 g/mol. The van der Waals surface area contributed by atoms with Crippen molar-refractivity contribution in [2.75, 3.05) is 0 Å². The molecule has 0 saturated heterocycles. The largest absolute Gasteiger partial charge is 0.324 e. The first-order valence-corrected chi connectivity index (χ1v) is 5.25. The lowest BCUT2D eigenvalue weighted by molar-refractivity contribution is 0.422. The summed E-state index contributed by atoms with van der Waals surface area (Å²) in [7, 11) is 0. The van der Waals surface area contributed by atoms with Crippen molar-refractivity contribution in [2.24, 2.45) is 5.92 Å². The highest BCUT2D eigenvalue weighted by atomic mass is 32.1. The van der Waals surface area contributed by atoms with Crippen LogP contribution in [-0.2, 0) is 6.54 Å². The number of hydrogen-bond acceptors (Lipinski definition) is 3. The number of nitrogens with zero attached hydrogens (tertiary/aromatic N) is 2. The van der Waals surface area contributed by atoms with Gasteiger partial charge in [0.05, 0.1) is 0 Å². The molecule has 0 bridgehead atoms. The van der Waals surface area contributed by atoms with E-state index in [-0.39, 0.29) is 4.87 Å². The molecule has 1 aromatic rings. The van der Waals surface area contributed by atoms with Crippen LogP contribution in [-0.4, -0.2) is 9.78 Å². The highest BCUT2D eigenvalue weighted by Gasteiger charge is 2.16. The molecule has 1 aliphatic carbocycles. The Kier molecular flexibility index (Phi) is 2.26. The Morgan fingerprint density at radius 1 is 1.58 bits per heavy atom. The lowest BCUT2D eigenvalue weighted by Gasteiger charge is -2.06. The quantitative estimate of drug-likeness (QED) is 0.698. The molecule has 0 aromatic carbocycles. The van der Waals surface area contributed by atoms with Crippen molar-refractivity contribution in [3.63, 3.8) is 0 Å². The van der Waals surface area contributed by atoms with Crippen LogP contribution in [0.25, 0.3) is 0 Å². The molecule has 1 saturated carbocycles. The molecule has 1 aliphatic rings. The maximum atomic E-state index is 11.1. The van der Waals surface area contributed by atoms with Crippen LogP contribution in [0.3, 0.4) is 0 Å². The predicted octanol–water partition coefficient (Wildman–Crippen LogP) is 1.50. The average Bonchev–Trinajstić information content (AvgIpc) is 2.65. The minimum atomic E-state index is 0.0851. The Bertz CT molecular complexity index is 298. The molecule has 0 amide bonds. The second kappa shape index (κ2) is 3.39. The van der Waals surface area contributed by atoms with Gasteiger partial charge in [0.2, 0.25) is 0 Å². The summed E-state index contributed by atoms with van der Waals surface area (Å²) < 4.78 is 1.60. The van der Waals surface area contributed by atoms with Gasteiger partial charge in [-0.2, -0.15) is 5.10 Å². The predicted molar refractivity (Wildman–Crippen MR) is 48.3 cm³/mol. The number of hydrogen-bond donors (Lipinski definition) is 0. The summed E-state index contributed by atoms with van der Waals surface area (Å²) in [5, 5.41) is 4.00. The summed E-state index contributed by atoms with van der Waals surface area (Å²) in [6.45, 7) is 0.836. The maximum Gasteiger partial charge on any atom is 0.324 e. The van der Waals surface area contributed by atoms with E-state index >= 15 is 0 Å². The highest BCUT2D eigenvalue weighted by molar-refractivity contribution is 7.06. The SMILES string of the molecule is O=c1scnn1CC1CCCC1. The fourth-order valence-corrected chi connectivity index (χ4v) is 2.29. The van der Waals surface area contributed by atoms with Crippen LogP contribution in [0, 0.1) is 5.92 Å². The lowest BCUT2D eigenvalue weighted by atomic mass is 10.1. The van der Waals surface area contributed by atoms with Crippen LogP contribution < -0.4 is 4.87 Å². The molecular weight excluding hydrogens is 172 g/mol. The van der Waals surface area contributed by atoms with Gasteiger partial charge in [-0.15, -0.1) is 0 Å². The number of aromatic nitrogens is 2. The van der Waals surface area contributed by atoms with Gasteiger partial charge in [0.25, 0.3) is 0 Å².